The molecule has 118 valence electrons. The second kappa shape index (κ2) is 7.01. The molecule has 23 heavy (non-hydrogen) atoms. The zero-order valence-electron chi connectivity index (χ0n) is 12.9. The number of benzene rings is 2. The molecule has 0 saturated carbocycles. The lowest BCUT2D eigenvalue weighted by atomic mass is 10.0. The summed E-state index contributed by atoms with van der Waals surface area (Å²) >= 11 is 3.47. The summed E-state index contributed by atoms with van der Waals surface area (Å²) in [7, 11) is 0. The van der Waals surface area contributed by atoms with Gasteiger partial charge in [0.05, 0.1) is 12.6 Å². The van der Waals surface area contributed by atoms with Gasteiger partial charge < -0.3 is 10.1 Å². The molecular formula is C19H18BrNO2. The maximum atomic E-state index is 12.3. The van der Waals surface area contributed by atoms with Gasteiger partial charge >= 0.3 is 0 Å². The molecular weight excluding hydrogens is 354 g/mol. The molecule has 0 radical (unpaired) electrons. The van der Waals surface area contributed by atoms with Gasteiger partial charge in [0.15, 0.2) is 0 Å². The molecule has 0 aliphatic carbocycles. The number of carbonyl (C=O) groups is 1. The predicted octanol–water partition coefficient (Wildman–Crippen LogP) is 4.49. The second-order valence-corrected chi connectivity index (χ2v) is 6.49. The van der Waals surface area contributed by atoms with E-state index in [0.717, 1.165) is 33.3 Å². The molecule has 0 saturated heterocycles. The molecule has 2 aromatic rings. The standard InChI is InChI=1S/C19H18BrNO2/c1-13(14-5-3-2-4-6-14)11-19(22)21-17-9-10-23-18-8-7-15(20)12-16(17)18/h2-8,11-12,17H,9-10H2,1H3,(H,21,22)/b13-11+. The lowest BCUT2D eigenvalue weighted by Crippen LogP contribution is -2.31. The molecule has 0 aromatic heterocycles. The van der Waals surface area contributed by atoms with E-state index in [4.69, 9.17) is 4.74 Å². The first kappa shape index (κ1) is 15.8. The third-order valence-electron chi connectivity index (χ3n) is 3.90. The normalized spacial score (nSPS) is 17.1. The van der Waals surface area contributed by atoms with Crippen molar-refractivity contribution in [2.75, 3.05) is 6.61 Å². The SMILES string of the molecule is C/C(=C\C(=O)NC1CCOc2ccc(Br)cc21)c1ccccc1. The van der Waals surface area contributed by atoms with E-state index < -0.39 is 0 Å². The van der Waals surface area contributed by atoms with E-state index in [1.807, 2.05) is 55.5 Å². The van der Waals surface area contributed by atoms with Crippen molar-refractivity contribution < 1.29 is 9.53 Å². The minimum atomic E-state index is -0.0795. The number of hydrogen-bond donors (Lipinski definition) is 1. The molecule has 2 aromatic carbocycles. The molecule has 4 heteroatoms. The van der Waals surface area contributed by atoms with E-state index in [1.165, 1.54) is 0 Å². The number of rotatable bonds is 3. The Morgan fingerprint density at radius 3 is 2.83 bits per heavy atom. The molecule has 1 unspecified atom stereocenters. The maximum absolute atomic E-state index is 12.3. The van der Waals surface area contributed by atoms with Crippen molar-refractivity contribution in [3.63, 3.8) is 0 Å². The lowest BCUT2D eigenvalue weighted by Gasteiger charge is -2.26. The van der Waals surface area contributed by atoms with Gasteiger partial charge in [0, 0.05) is 22.5 Å². The Hall–Kier alpha value is -2.07. The highest BCUT2D eigenvalue weighted by atomic mass is 79.9. The fourth-order valence-corrected chi connectivity index (χ4v) is 3.09. The molecule has 1 amide bonds. The third-order valence-corrected chi connectivity index (χ3v) is 4.40. The molecule has 0 bridgehead atoms. The summed E-state index contributed by atoms with van der Waals surface area (Å²) < 4.78 is 6.64. The lowest BCUT2D eigenvalue weighted by molar-refractivity contribution is -0.117. The Bertz CT molecular complexity index is 740. The first-order chi connectivity index (χ1) is 11.1. The summed E-state index contributed by atoms with van der Waals surface area (Å²) in [4.78, 5) is 12.3. The van der Waals surface area contributed by atoms with E-state index in [1.54, 1.807) is 6.08 Å². The van der Waals surface area contributed by atoms with E-state index in [9.17, 15) is 4.79 Å². The fourth-order valence-electron chi connectivity index (χ4n) is 2.71. The van der Waals surface area contributed by atoms with Crippen LogP contribution in [-0.2, 0) is 4.79 Å². The van der Waals surface area contributed by atoms with E-state index in [2.05, 4.69) is 21.2 Å². The summed E-state index contributed by atoms with van der Waals surface area (Å²) in [6.07, 6.45) is 2.43. The number of fused-ring (bicyclic) bond motifs is 1. The first-order valence-electron chi connectivity index (χ1n) is 7.60. The molecule has 3 rings (SSSR count). The predicted molar refractivity (Wildman–Crippen MR) is 95.2 cm³/mol. The van der Waals surface area contributed by atoms with Crippen LogP contribution in [0, 0.1) is 0 Å². The molecule has 0 spiro atoms. The molecule has 3 nitrogen and oxygen atoms in total. The quantitative estimate of drug-likeness (QED) is 0.807. The maximum Gasteiger partial charge on any atom is 0.244 e. The van der Waals surface area contributed by atoms with Gasteiger partial charge in [0.1, 0.15) is 5.75 Å². The number of allylic oxidation sites excluding steroid dienone is 1. The first-order valence-corrected chi connectivity index (χ1v) is 8.39. The third kappa shape index (κ3) is 3.82. The number of hydrogen-bond acceptors (Lipinski definition) is 2. The Balaban J connectivity index is 1.76. The van der Waals surface area contributed by atoms with Crippen molar-refractivity contribution in [3.05, 3.63) is 70.2 Å². The van der Waals surface area contributed by atoms with Crippen molar-refractivity contribution in [3.8, 4) is 5.75 Å². The van der Waals surface area contributed by atoms with Crippen LogP contribution in [0.5, 0.6) is 5.75 Å². The summed E-state index contributed by atoms with van der Waals surface area (Å²) in [5, 5.41) is 3.09. The highest BCUT2D eigenvalue weighted by Gasteiger charge is 2.22. The molecule has 1 aliphatic heterocycles. The smallest absolute Gasteiger partial charge is 0.244 e. The van der Waals surface area contributed by atoms with Gasteiger partial charge in [-0.3, -0.25) is 4.79 Å². The summed E-state index contributed by atoms with van der Waals surface area (Å²) in [6.45, 7) is 2.56. The Labute approximate surface area is 144 Å². The number of ether oxygens (including phenoxy) is 1. The Morgan fingerprint density at radius 2 is 2.04 bits per heavy atom. The van der Waals surface area contributed by atoms with Crippen molar-refractivity contribution in [2.24, 2.45) is 0 Å². The van der Waals surface area contributed by atoms with E-state index >= 15 is 0 Å². The zero-order chi connectivity index (χ0) is 16.2. The number of nitrogens with one attached hydrogen (secondary N) is 1. The number of halogens is 1. The topological polar surface area (TPSA) is 38.3 Å². The highest BCUT2D eigenvalue weighted by molar-refractivity contribution is 9.10. The molecule has 1 heterocycles. The van der Waals surface area contributed by atoms with Crippen LogP contribution in [0.2, 0.25) is 0 Å². The number of carbonyl (C=O) groups excluding carboxylic acids is 1. The summed E-state index contributed by atoms with van der Waals surface area (Å²) in [6, 6.07) is 15.8. The minimum absolute atomic E-state index is 0.0245. The van der Waals surface area contributed by atoms with Gasteiger partial charge in [0.2, 0.25) is 5.91 Å². The highest BCUT2D eigenvalue weighted by Crippen LogP contribution is 2.34. The van der Waals surface area contributed by atoms with Crippen molar-refractivity contribution in [2.45, 2.75) is 19.4 Å². The van der Waals surface area contributed by atoms with Crippen LogP contribution in [0.3, 0.4) is 0 Å². The molecule has 1 atom stereocenters. The second-order valence-electron chi connectivity index (χ2n) is 5.57. The average molecular weight is 372 g/mol. The van der Waals surface area contributed by atoms with Crippen LogP contribution in [0.4, 0.5) is 0 Å². The summed E-state index contributed by atoms with van der Waals surface area (Å²) in [5.41, 5.74) is 3.02. The van der Waals surface area contributed by atoms with Gasteiger partial charge in [-0.1, -0.05) is 46.3 Å². The van der Waals surface area contributed by atoms with E-state index in [-0.39, 0.29) is 11.9 Å². The molecule has 1 N–H and O–H groups in total. The van der Waals surface area contributed by atoms with Crippen LogP contribution in [-0.4, -0.2) is 12.5 Å². The van der Waals surface area contributed by atoms with Gasteiger partial charge in [-0.2, -0.15) is 0 Å². The monoisotopic (exact) mass is 371 g/mol. The van der Waals surface area contributed by atoms with Crippen LogP contribution in [0.25, 0.3) is 5.57 Å². The van der Waals surface area contributed by atoms with Gasteiger partial charge in [-0.05, 0) is 36.3 Å². The number of amides is 1. The minimum Gasteiger partial charge on any atom is -0.493 e. The van der Waals surface area contributed by atoms with Crippen molar-refractivity contribution in [1.82, 2.24) is 5.32 Å². The largest absolute Gasteiger partial charge is 0.493 e. The van der Waals surface area contributed by atoms with Crippen LogP contribution in [0.15, 0.2) is 59.1 Å². The van der Waals surface area contributed by atoms with Crippen LogP contribution < -0.4 is 10.1 Å². The molecule has 0 fully saturated rings. The molecule has 1 aliphatic rings. The van der Waals surface area contributed by atoms with Crippen LogP contribution >= 0.6 is 15.9 Å². The van der Waals surface area contributed by atoms with E-state index in [0.29, 0.717) is 6.61 Å². The zero-order valence-corrected chi connectivity index (χ0v) is 14.5. The summed E-state index contributed by atoms with van der Waals surface area (Å²) in [5.74, 6) is 0.762. The Kier molecular flexibility index (Phi) is 4.82. The van der Waals surface area contributed by atoms with Gasteiger partial charge in [0.25, 0.3) is 0 Å². The van der Waals surface area contributed by atoms with Gasteiger partial charge in [-0.15, -0.1) is 0 Å². The van der Waals surface area contributed by atoms with Gasteiger partial charge in [-0.25, -0.2) is 0 Å². The average Bonchev–Trinajstić information content (AvgIpc) is 2.56. The Morgan fingerprint density at radius 1 is 1.26 bits per heavy atom. The van der Waals surface area contributed by atoms with Crippen molar-refractivity contribution in [1.29, 1.82) is 0 Å². The van der Waals surface area contributed by atoms with Crippen molar-refractivity contribution >= 4 is 27.4 Å². The fraction of sp³-hybridized carbons (Fsp3) is 0.211. The van der Waals surface area contributed by atoms with Crippen LogP contribution in [0.1, 0.15) is 30.5 Å².